The van der Waals surface area contributed by atoms with Crippen LogP contribution < -0.4 is 10.1 Å². The molecule has 9 heteroatoms. The maximum absolute atomic E-state index is 14.6. The zero-order valence-corrected chi connectivity index (χ0v) is 19.8. The van der Waals surface area contributed by atoms with Gasteiger partial charge in [-0.3, -0.25) is 0 Å². The van der Waals surface area contributed by atoms with E-state index in [4.69, 9.17) is 16.3 Å². The minimum Gasteiger partial charge on any atom is -0.493 e. The number of anilines is 1. The molecule has 34 heavy (non-hydrogen) atoms. The number of aromatic carboxylic acids is 1. The Labute approximate surface area is 201 Å². The van der Waals surface area contributed by atoms with Gasteiger partial charge < -0.3 is 19.7 Å². The predicted octanol–water partition coefficient (Wildman–Crippen LogP) is 5.72. The second-order valence-electron chi connectivity index (χ2n) is 7.91. The molecule has 0 amide bonds. The van der Waals surface area contributed by atoms with Crippen molar-refractivity contribution in [1.29, 1.82) is 0 Å². The van der Waals surface area contributed by atoms with Crippen molar-refractivity contribution >= 4 is 34.3 Å². The summed E-state index contributed by atoms with van der Waals surface area (Å²) in [6, 6.07) is 10.4. The Hall–Kier alpha value is -3.65. The van der Waals surface area contributed by atoms with Crippen LogP contribution in [0.15, 0.2) is 42.7 Å². The summed E-state index contributed by atoms with van der Waals surface area (Å²) in [5, 5.41) is 13.6. The molecule has 7 nitrogen and oxygen atoms in total. The molecule has 0 aliphatic heterocycles. The van der Waals surface area contributed by atoms with E-state index in [0.717, 1.165) is 16.6 Å². The van der Waals surface area contributed by atoms with Crippen LogP contribution in [0.1, 0.15) is 28.5 Å². The molecule has 0 saturated carbocycles. The molecule has 0 aliphatic carbocycles. The van der Waals surface area contributed by atoms with Crippen LogP contribution >= 0.6 is 11.6 Å². The van der Waals surface area contributed by atoms with E-state index >= 15 is 0 Å². The molecule has 0 fully saturated rings. The van der Waals surface area contributed by atoms with Gasteiger partial charge in [0.2, 0.25) is 0 Å². The summed E-state index contributed by atoms with van der Waals surface area (Å²) in [5.74, 6) is -0.645. The third-order valence-electron chi connectivity index (χ3n) is 5.47. The number of hydrogen-bond donors (Lipinski definition) is 2. The Balaban J connectivity index is 1.55. The van der Waals surface area contributed by atoms with Crippen LogP contribution in [-0.2, 0) is 6.54 Å². The zero-order valence-electron chi connectivity index (χ0n) is 19.0. The van der Waals surface area contributed by atoms with Gasteiger partial charge >= 0.3 is 5.97 Å². The number of carboxylic acids is 1. The van der Waals surface area contributed by atoms with Gasteiger partial charge in [-0.25, -0.2) is 19.2 Å². The lowest BCUT2D eigenvalue weighted by Crippen LogP contribution is -2.13. The molecule has 2 heterocycles. The zero-order chi connectivity index (χ0) is 24.4. The summed E-state index contributed by atoms with van der Waals surface area (Å²) < 4.78 is 22.0. The molecule has 0 spiro atoms. The van der Waals surface area contributed by atoms with E-state index in [2.05, 4.69) is 15.3 Å². The van der Waals surface area contributed by atoms with Crippen LogP contribution in [0.3, 0.4) is 0 Å². The van der Waals surface area contributed by atoms with Crippen molar-refractivity contribution in [2.75, 3.05) is 18.5 Å². The van der Waals surface area contributed by atoms with Crippen molar-refractivity contribution in [2.24, 2.45) is 0 Å². The highest BCUT2D eigenvalue weighted by atomic mass is 35.5. The number of aromatic nitrogens is 3. The number of nitrogens with zero attached hydrogens (tertiary/aromatic N) is 3. The summed E-state index contributed by atoms with van der Waals surface area (Å²) in [6.45, 7) is 6.95. The first-order chi connectivity index (χ1) is 16.3. The van der Waals surface area contributed by atoms with Gasteiger partial charge in [-0.1, -0.05) is 11.6 Å². The lowest BCUT2D eigenvalue weighted by atomic mass is 10.1. The average molecular weight is 483 g/mol. The van der Waals surface area contributed by atoms with Crippen molar-refractivity contribution in [3.05, 3.63) is 70.4 Å². The van der Waals surface area contributed by atoms with Crippen LogP contribution in [0, 0.1) is 19.7 Å². The Kier molecular flexibility index (Phi) is 6.70. The number of carbonyl (C=O) groups is 1. The van der Waals surface area contributed by atoms with Gasteiger partial charge in [-0.2, -0.15) is 0 Å². The fourth-order valence-corrected chi connectivity index (χ4v) is 4.33. The van der Waals surface area contributed by atoms with E-state index in [9.17, 15) is 14.3 Å². The fourth-order valence-electron chi connectivity index (χ4n) is 4.04. The lowest BCUT2D eigenvalue weighted by Gasteiger charge is -2.13. The van der Waals surface area contributed by atoms with E-state index in [0.29, 0.717) is 42.3 Å². The molecule has 4 aromatic rings. The monoisotopic (exact) mass is 482 g/mol. The first-order valence-corrected chi connectivity index (χ1v) is 11.2. The highest BCUT2D eigenvalue weighted by Crippen LogP contribution is 2.33. The van der Waals surface area contributed by atoms with Crippen LogP contribution in [0.5, 0.6) is 5.75 Å². The average Bonchev–Trinajstić information content (AvgIpc) is 3.08. The van der Waals surface area contributed by atoms with Gasteiger partial charge in [0.1, 0.15) is 29.3 Å². The molecule has 4 rings (SSSR count). The molecule has 2 aromatic heterocycles. The minimum absolute atomic E-state index is 0.0637. The highest BCUT2D eigenvalue weighted by molar-refractivity contribution is 6.34. The Bertz CT molecular complexity index is 1390. The number of benzene rings is 2. The molecule has 0 radical (unpaired) electrons. The standard InChI is InChI=1S/C25H24ClFN4O3/c1-4-34-21-11-16(10-18(26)23(21)25(32)33)20-12-22(30-13-29-20)28-5-6-31-15(3)9-17-7-14(2)8-19(27)24(17)31/h7-13H,4-6H2,1-3H3,(H,32,33)(H,28,29,30). The Morgan fingerprint density at radius 3 is 2.71 bits per heavy atom. The van der Waals surface area contributed by atoms with Gasteiger partial charge in [0, 0.05) is 35.8 Å². The molecule has 0 saturated heterocycles. The predicted molar refractivity (Wildman–Crippen MR) is 130 cm³/mol. The maximum Gasteiger partial charge on any atom is 0.341 e. The largest absolute Gasteiger partial charge is 0.493 e. The van der Waals surface area contributed by atoms with E-state index in [1.807, 2.05) is 30.5 Å². The number of halogens is 2. The minimum atomic E-state index is -1.16. The first-order valence-electron chi connectivity index (χ1n) is 10.8. The molecule has 0 unspecified atom stereocenters. The van der Waals surface area contributed by atoms with Crippen LogP contribution in [0.25, 0.3) is 22.2 Å². The number of aryl methyl sites for hydroxylation is 2. The normalized spacial score (nSPS) is 11.1. The topological polar surface area (TPSA) is 89.3 Å². The smallest absolute Gasteiger partial charge is 0.341 e. The molecular weight excluding hydrogens is 459 g/mol. The second kappa shape index (κ2) is 9.69. The summed E-state index contributed by atoms with van der Waals surface area (Å²) in [4.78, 5) is 20.1. The summed E-state index contributed by atoms with van der Waals surface area (Å²) in [7, 11) is 0. The third kappa shape index (κ3) is 4.68. The number of ether oxygens (including phenoxy) is 1. The summed E-state index contributed by atoms with van der Waals surface area (Å²) >= 11 is 6.23. The van der Waals surface area contributed by atoms with Crippen LogP contribution in [0.4, 0.5) is 10.2 Å². The van der Waals surface area contributed by atoms with E-state index < -0.39 is 5.97 Å². The van der Waals surface area contributed by atoms with Gasteiger partial charge in [0.05, 0.1) is 22.8 Å². The second-order valence-corrected chi connectivity index (χ2v) is 8.31. The van der Waals surface area contributed by atoms with E-state index in [1.165, 1.54) is 6.33 Å². The van der Waals surface area contributed by atoms with Crippen molar-refractivity contribution < 1.29 is 19.0 Å². The number of fused-ring (bicyclic) bond motifs is 1. The van der Waals surface area contributed by atoms with Gasteiger partial charge in [-0.15, -0.1) is 0 Å². The maximum atomic E-state index is 14.6. The van der Waals surface area contributed by atoms with Gasteiger partial charge in [0.15, 0.2) is 0 Å². The molecule has 176 valence electrons. The van der Waals surface area contributed by atoms with Gasteiger partial charge in [0.25, 0.3) is 0 Å². The number of nitrogens with one attached hydrogen (secondary N) is 1. The van der Waals surface area contributed by atoms with E-state index in [-0.39, 0.29) is 22.2 Å². The number of hydrogen-bond acceptors (Lipinski definition) is 5. The number of rotatable bonds is 8. The molecular formula is C25H24ClFN4O3. The van der Waals surface area contributed by atoms with E-state index in [1.54, 1.807) is 31.2 Å². The van der Waals surface area contributed by atoms with Gasteiger partial charge in [-0.05, 0) is 56.7 Å². The molecule has 0 atom stereocenters. The molecule has 2 N–H and O–H groups in total. The van der Waals surface area contributed by atoms with Crippen molar-refractivity contribution in [3.8, 4) is 17.0 Å². The first kappa shape index (κ1) is 23.5. The third-order valence-corrected chi connectivity index (χ3v) is 5.77. The fraction of sp³-hybridized carbons (Fsp3) is 0.240. The Morgan fingerprint density at radius 2 is 1.97 bits per heavy atom. The summed E-state index contributed by atoms with van der Waals surface area (Å²) in [5.41, 5.74) is 3.52. The van der Waals surface area contributed by atoms with Crippen LogP contribution in [-0.4, -0.2) is 38.8 Å². The summed E-state index contributed by atoms with van der Waals surface area (Å²) in [6.07, 6.45) is 1.41. The van der Waals surface area contributed by atoms with Crippen molar-refractivity contribution in [3.63, 3.8) is 0 Å². The molecule has 2 aromatic carbocycles. The van der Waals surface area contributed by atoms with Crippen LogP contribution in [0.2, 0.25) is 5.02 Å². The Morgan fingerprint density at radius 1 is 1.18 bits per heavy atom. The quantitative estimate of drug-likeness (QED) is 0.334. The number of carboxylic acid groups (broad SMARTS) is 1. The highest BCUT2D eigenvalue weighted by Gasteiger charge is 2.19. The van der Waals surface area contributed by atoms with Crippen molar-refractivity contribution in [1.82, 2.24) is 14.5 Å². The SMILES string of the molecule is CCOc1cc(-c2cc(NCCn3c(C)cc4cc(C)cc(F)c43)ncn2)cc(Cl)c1C(=O)O. The molecule has 0 bridgehead atoms. The van der Waals surface area contributed by atoms with Crippen molar-refractivity contribution in [2.45, 2.75) is 27.3 Å². The molecule has 0 aliphatic rings. The lowest BCUT2D eigenvalue weighted by molar-refractivity contribution is 0.0693.